The molecule has 0 aromatic rings. The van der Waals surface area contributed by atoms with E-state index in [-0.39, 0.29) is 0 Å². The van der Waals surface area contributed by atoms with Gasteiger partial charge >= 0.3 is 0 Å². The van der Waals surface area contributed by atoms with Gasteiger partial charge in [0.2, 0.25) is 5.91 Å². The lowest BCUT2D eigenvalue weighted by Gasteiger charge is -2.50. The predicted molar refractivity (Wildman–Crippen MR) is 145 cm³/mol. The quantitative estimate of drug-likeness (QED) is 0.0947. The molecule has 4 fully saturated rings. The molecular formula is C26H45NO21. The van der Waals surface area contributed by atoms with Crippen LogP contribution in [0, 0.1) is 0 Å². The van der Waals surface area contributed by atoms with Crippen LogP contribution in [0.25, 0.3) is 0 Å². The highest BCUT2D eigenvalue weighted by Crippen LogP contribution is 2.35. The van der Waals surface area contributed by atoms with Gasteiger partial charge in [-0.1, -0.05) is 0 Å². The molecule has 20 atom stereocenters. The first-order valence-corrected chi connectivity index (χ1v) is 15.1. The molecule has 4 rings (SSSR count). The molecule has 0 bridgehead atoms. The molecule has 0 unspecified atom stereocenters. The van der Waals surface area contributed by atoms with E-state index in [1.807, 2.05) is 0 Å². The lowest BCUT2D eigenvalue weighted by atomic mass is 9.95. The molecule has 1 amide bonds. The average Bonchev–Trinajstić information content (AvgIpc) is 3.06. The van der Waals surface area contributed by atoms with E-state index in [1.165, 1.54) is 0 Å². The van der Waals surface area contributed by atoms with Crippen molar-refractivity contribution in [2.75, 3.05) is 26.4 Å². The van der Waals surface area contributed by atoms with Crippen molar-refractivity contribution in [3.05, 3.63) is 0 Å². The number of rotatable bonds is 11. The zero-order valence-corrected chi connectivity index (χ0v) is 25.5. The molecule has 22 nitrogen and oxygen atoms in total. The SMILES string of the molecule is CC(=O)N[C@H]1[C@H](O[C@@H]2[C@H](O[C@@H]3[C@H](O[C@H]4[C@H](O)[C@@H](O)[C@H](O)O[C@@H]4CO)O[C@H](CO)[C@@H](O)[C@@H]3O)O[C@H](CO)[C@@H](O)[C@@H]2O)O[C@H](CO)[C@@H](O)[C@@H]1O. The molecule has 0 aliphatic carbocycles. The van der Waals surface area contributed by atoms with E-state index < -0.39 is 155 Å². The van der Waals surface area contributed by atoms with Gasteiger partial charge in [-0.25, -0.2) is 0 Å². The van der Waals surface area contributed by atoms with Crippen LogP contribution in [0.2, 0.25) is 0 Å². The molecule has 0 aromatic carbocycles. The fourth-order valence-electron chi connectivity index (χ4n) is 5.91. The van der Waals surface area contributed by atoms with Crippen molar-refractivity contribution in [1.29, 1.82) is 0 Å². The van der Waals surface area contributed by atoms with Gasteiger partial charge in [0.05, 0.1) is 26.4 Å². The fraction of sp³-hybridized carbons (Fsp3) is 0.962. The highest BCUT2D eigenvalue weighted by molar-refractivity contribution is 5.73. The van der Waals surface area contributed by atoms with Gasteiger partial charge in [-0.2, -0.15) is 0 Å². The summed E-state index contributed by atoms with van der Waals surface area (Å²) in [5.41, 5.74) is 0. The first-order valence-electron chi connectivity index (χ1n) is 15.1. The highest BCUT2D eigenvalue weighted by atomic mass is 16.8. The Morgan fingerprint density at radius 3 is 1.31 bits per heavy atom. The Morgan fingerprint density at radius 1 is 0.500 bits per heavy atom. The molecule has 4 aliphatic rings. The van der Waals surface area contributed by atoms with Crippen LogP contribution in [0.1, 0.15) is 6.92 Å². The second-order valence-corrected chi connectivity index (χ2v) is 11.9. The minimum Gasteiger partial charge on any atom is -0.394 e. The number of hydrogen-bond acceptors (Lipinski definition) is 21. The van der Waals surface area contributed by atoms with Crippen LogP contribution in [0.4, 0.5) is 0 Å². The third-order valence-corrected chi connectivity index (χ3v) is 8.61. The summed E-state index contributed by atoms with van der Waals surface area (Å²) in [4.78, 5) is 11.9. The largest absolute Gasteiger partial charge is 0.394 e. The van der Waals surface area contributed by atoms with Crippen LogP contribution >= 0.6 is 0 Å². The average molecular weight is 708 g/mol. The van der Waals surface area contributed by atoms with E-state index in [4.69, 9.17) is 33.2 Å². The fourth-order valence-corrected chi connectivity index (χ4v) is 5.91. The molecule has 14 N–H and O–H groups in total. The van der Waals surface area contributed by atoms with Gasteiger partial charge in [-0.3, -0.25) is 4.79 Å². The van der Waals surface area contributed by atoms with Crippen LogP contribution in [-0.2, 0) is 38.0 Å². The minimum absolute atomic E-state index is 0.720. The Balaban J connectivity index is 1.66. The summed E-state index contributed by atoms with van der Waals surface area (Å²) >= 11 is 0. The summed E-state index contributed by atoms with van der Waals surface area (Å²) < 4.78 is 39.2. The van der Waals surface area contributed by atoms with Crippen molar-refractivity contribution < 1.29 is 104 Å². The minimum atomic E-state index is -2.03. The van der Waals surface area contributed by atoms with E-state index in [9.17, 15) is 71.2 Å². The van der Waals surface area contributed by atoms with Crippen LogP contribution in [0.3, 0.4) is 0 Å². The maximum Gasteiger partial charge on any atom is 0.217 e. The lowest BCUT2D eigenvalue weighted by molar-refractivity contribution is -0.399. The summed E-state index contributed by atoms with van der Waals surface area (Å²) in [7, 11) is 0. The van der Waals surface area contributed by atoms with Crippen molar-refractivity contribution in [3.63, 3.8) is 0 Å². The number of hydrogen-bond donors (Lipinski definition) is 14. The Morgan fingerprint density at radius 2 is 0.875 bits per heavy atom. The molecule has 22 heteroatoms. The van der Waals surface area contributed by atoms with Gasteiger partial charge in [0.1, 0.15) is 97.6 Å². The maximum atomic E-state index is 11.9. The third-order valence-electron chi connectivity index (χ3n) is 8.61. The second kappa shape index (κ2) is 16.8. The summed E-state index contributed by atoms with van der Waals surface area (Å²) in [6.07, 6.45) is -34.4. The topological polar surface area (TPSA) is 357 Å². The van der Waals surface area contributed by atoms with Crippen LogP contribution in [0.5, 0.6) is 0 Å². The van der Waals surface area contributed by atoms with Gasteiger partial charge in [-0.05, 0) is 0 Å². The van der Waals surface area contributed by atoms with Crippen LogP contribution < -0.4 is 5.32 Å². The smallest absolute Gasteiger partial charge is 0.217 e. The number of carbonyl (C=O) groups excluding carboxylic acids is 1. The summed E-state index contributed by atoms with van der Waals surface area (Å²) in [5.74, 6) is -0.720. The first-order chi connectivity index (χ1) is 22.7. The molecule has 4 heterocycles. The van der Waals surface area contributed by atoms with Gasteiger partial charge in [-0.15, -0.1) is 0 Å². The molecular weight excluding hydrogens is 662 g/mol. The third kappa shape index (κ3) is 8.08. The highest BCUT2D eigenvalue weighted by Gasteiger charge is 2.56. The molecule has 4 saturated heterocycles. The van der Waals surface area contributed by atoms with Crippen molar-refractivity contribution in [3.8, 4) is 0 Å². The van der Waals surface area contributed by atoms with E-state index >= 15 is 0 Å². The molecule has 4 aliphatic heterocycles. The van der Waals surface area contributed by atoms with E-state index in [1.54, 1.807) is 0 Å². The molecule has 0 radical (unpaired) electrons. The van der Waals surface area contributed by atoms with E-state index in [0.717, 1.165) is 6.92 Å². The molecule has 0 aromatic heterocycles. The number of nitrogens with one attached hydrogen (secondary N) is 1. The molecule has 0 spiro atoms. The Bertz CT molecular complexity index is 1030. The summed E-state index contributed by atoms with van der Waals surface area (Å²) in [6, 6.07) is -1.54. The van der Waals surface area contributed by atoms with Crippen molar-refractivity contribution in [1.82, 2.24) is 5.32 Å². The van der Waals surface area contributed by atoms with E-state index in [0.29, 0.717) is 0 Å². The molecule has 48 heavy (non-hydrogen) atoms. The van der Waals surface area contributed by atoms with Gasteiger partial charge in [0.25, 0.3) is 0 Å². The standard InChI is InChI=1S/C26H45NO21/c1-6(32)27-11-15(36)12(33)7(2-28)43-24(11)47-21-16(37)13(34)9(4-30)45-26(21)48-22-17(38)14(35)8(3-29)44-25(22)46-20-10(5-31)42-23(41)19(40)18(20)39/h7-26,28-31,33-41H,2-5H2,1H3,(H,27,32)/t7-,8-,9-,10-,11-,12-,13-,14-,15-,16+,17+,18-,19-,20-,21+,22+,23-,24+,25+,26+/m1/s1. The Hall–Kier alpha value is -1.33. The number of aliphatic hydroxyl groups is 13. The van der Waals surface area contributed by atoms with Crippen molar-refractivity contribution in [2.45, 2.75) is 130 Å². The summed E-state index contributed by atoms with van der Waals surface area (Å²) in [6.45, 7) is -2.42. The zero-order valence-electron chi connectivity index (χ0n) is 25.5. The van der Waals surface area contributed by atoms with Crippen molar-refractivity contribution >= 4 is 5.91 Å². The zero-order chi connectivity index (χ0) is 35.6. The Kier molecular flexibility index (Phi) is 13.8. The van der Waals surface area contributed by atoms with Crippen LogP contribution in [-0.4, -0.2) is 221 Å². The monoisotopic (exact) mass is 707 g/mol. The Labute approximate surface area is 272 Å². The van der Waals surface area contributed by atoms with Crippen LogP contribution in [0.15, 0.2) is 0 Å². The number of carbonyl (C=O) groups is 1. The predicted octanol–water partition coefficient (Wildman–Crippen LogP) is -9.61. The lowest BCUT2D eigenvalue weighted by Crippen LogP contribution is -2.69. The molecule has 0 saturated carbocycles. The van der Waals surface area contributed by atoms with Crippen molar-refractivity contribution in [2.24, 2.45) is 0 Å². The molecule has 280 valence electrons. The first kappa shape index (κ1) is 39.5. The van der Waals surface area contributed by atoms with Gasteiger partial charge in [0.15, 0.2) is 25.2 Å². The van der Waals surface area contributed by atoms with E-state index in [2.05, 4.69) is 5.32 Å². The van der Waals surface area contributed by atoms with Gasteiger partial charge in [0, 0.05) is 6.92 Å². The maximum absolute atomic E-state index is 11.9. The number of ether oxygens (including phenoxy) is 7. The normalized spacial score (nSPS) is 50.2. The second-order valence-electron chi connectivity index (χ2n) is 11.9. The number of aliphatic hydroxyl groups excluding tert-OH is 13. The summed E-state index contributed by atoms with van der Waals surface area (Å²) in [5, 5.41) is 136. The number of amides is 1. The van der Waals surface area contributed by atoms with Gasteiger partial charge < -0.3 is 105 Å².